The second-order valence-electron chi connectivity index (χ2n) is 6.97. The zero-order valence-electron chi connectivity index (χ0n) is 16.1. The van der Waals surface area contributed by atoms with Crippen molar-refractivity contribution in [2.45, 2.75) is 38.8 Å². The third kappa shape index (κ3) is 4.37. The Bertz CT molecular complexity index is 799. The summed E-state index contributed by atoms with van der Waals surface area (Å²) in [6.07, 6.45) is 2.13. The van der Waals surface area contributed by atoms with Gasteiger partial charge in [-0.2, -0.15) is 0 Å². The summed E-state index contributed by atoms with van der Waals surface area (Å²) in [5.41, 5.74) is 2.58. The molecule has 1 saturated heterocycles. The number of Topliss-reactive ketones (excluding diaryl/α,β-unsaturated/α-hetero) is 1. The molecule has 1 fully saturated rings. The predicted molar refractivity (Wildman–Crippen MR) is 106 cm³/mol. The standard InChI is InChI=1S/C22H26N2O3/c1-15(22(26)18-6-10-19(11-7-18)23-16(2)25)24-14-4-5-21(24)17-8-12-20(27-3)13-9-17/h6-13,15,21H,4-5,14H2,1-3H3,(H,23,25)/t15-,21+/m0/s1. The van der Waals surface area contributed by atoms with E-state index in [9.17, 15) is 9.59 Å². The number of methoxy groups -OCH3 is 1. The molecule has 0 aliphatic carbocycles. The molecule has 2 aromatic carbocycles. The van der Waals surface area contributed by atoms with Crippen LogP contribution in [0.25, 0.3) is 0 Å². The summed E-state index contributed by atoms with van der Waals surface area (Å²) in [5.74, 6) is 0.818. The first-order valence-electron chi connectivity index (χ1n) is 9.31. The topological polar surface area (TPSA) is 58.6 Å². The highest BCUT2D eigenvalue weighted by Gasteiger charge is 2.33. The third-order valence-electron chi connectivity index (χ3n) is 5.16. The third-order valence-corrected chi connectivity index (χ3v) is 5.16. The van der Waals surface area contributed by atoms with Crippen molar-refractivity contribution in [2.24, 2.45) is 0 Å². The van der Waals surface area contributed by atoms with Gasteiger partial charge in [-0.15, -0.1) is 0 Å². The number of ketones is 1. The molecule has 1 aliphatic rings. The Labute approximate surface area is 160 Å². The number of hydrogen-bond donors (Lipinski definition) is 1. The van der Waals surface area contributed by atoms with Crippen LogP contribution in [-0.4, -0.2) is 36.3 Å². The summed E-state index contributed by atoms with van der Waals surface area (Å²) in [4.78, 5) is 26.4. The van der Waals surface area contributed by atoms with Gasteiger partial charge in [-0.25, -0.2) is 0 Å². The van der Waals surface area contributed by atoms with Gasteiger partial charge < -0.3 is 10.1 Å². The molecule has 142 valence electrons. The smallest absolute Gasteiger partial charge is 0.221 e. The number of nitrogens with one attached hydrogen (secondary N) is 1. The minimum Gasteiger partial charge on any atom is -0.497 e. The van der Waals surface area contributed by atoms with Gasteiger partial charge >= 0.3 is 0 Å². The Kier molecular flexibility index (Phi) is 5.91. The van der Waals surface area contributed by atoms with Gasteiger partial charge in [0.1, 0.15) is 5.75 Å². The molecule has 0 aromatic heterocycles. The lowest BCUT2D eigenvalue weighted by Gasteiger charge is -2.30. The lowest BCUT2D eigenvalue weighted by Crippen LogP contribution is -2.38. The molecule has 2 aromatic rings. The fourth-order valence-electron chi connectivity index (χ4n) is 3.75. The summed E-state index contributed by atoms with van der Waals surface area (Å²) in [6.45, 7) is 4.35. The number of benzene rings is 2. The molecule has 27 heavy (non-hydrogen) atoms. The van der Waals surface area contributed by atoms with Crippen molar-refractivity contribution in [3.8, 4) is 5.75 Å². The Hall–Kier alpha value is -2.66. The van der Waals surface area contributed by atoms with Gasteiger partial charge in [0.25, 0.3) is 0 Å². The average molecular weight is 366 g/mol. The number of hydrogen-bond acceptors (Lipinski definition) is 4. The van der Waals surface area contributed by atoms with Gasteiger partial charge in [-0.05, 0) is 68.3 Å². The zero-order chi connectivity index (χ0) is 19.4. The minimum absolute atomic E-state index is 0.102. The van der Waals surface area contributed by atoms with E-state index in [4.69, 9.17) is 4.74 Å². The Morgan fingerprint density at radius 3 is 2.37 bits per heavy atom. The highest BCUT2D eigenvalue weighted by Crippen LogP contribution is 2.35. The molecule has 1 aliphatic heterocycles. The van der Waals surface area contributed by atoms with Crippen molar-refractivity contribution < 1.29 is 14.3 Å². The molecule has 5 nitrogen and oxygen atoms in total. The van der Waals surface area contributed by atoms with E-state index in [0.717, 1.165) is 25.1 Å². The molecular formula is C22H26N2O3. The minimum atomic E-state index is -0.203. The predicted octanol–water partition coefficient (Wildman–Crippen LogP) is 4.06. The highest BCUT2D eigenvalue weighted by molar-refractivity contribution is 6.00. The van der Waals surface area contributed by atoms with Crippen LogP contribution in [0.1, 0.15) is 48.7 Å². The first-order chi connectivity index (χ1) is 13.0. The number of nitrogens with zero attached hydrogens (tertiary/aromatic N) is 1. The van der Waals surface area contributed by atoms with Crippen LogP contribution in [-0.2, 0) is 4.79 Å². The molecule has 2 atom stereocenters. The van der Waals surface area contributed by atoms with Crippen LogP contribution < -0.4 is 10.1 Å². The van der Waals surface area contributed by atoms with Gasteiger partial charge in [-0.1, -0.05) is 12.1 Å². The van der Waals surface area contributed by atoms with Crippen molar-refractivity contribution >= 4 is 17.4 Å². The van der Waals surface area contributed by atoms with Crippen molar-refractivity contribution in [3.63, 3.8) is 0 Å². The van der Waals surface area contributed by atoms with E-state index in [-0.39, 0.29) is 23.8 Å². The van der Waals surface area contributed by atoms with Crippen molar-refractivity contribution in [1.29, 1.82) is 0 Å². The van der Waals surface area contributed by atoms with Crippen LogP contribution in [0.2, 0.25) is 0 Å². The lowest BCUT2D eigenvalue weighted by molar-refractivity contribution is -0.114. The van der Waals surface area contributed by atoms with Crippen LogP contribution in [0.3, 0.4) is 0 Å². The molecule has 5 heteroatoms. The largest absolute Gasteiger partial charge is 0.497 e. The maximum atomic E-state index is 13.0. The molecule has 0 radical (unpaired) electrons. The van der Waals surface area contributed by atoms with E-state index in [1.807, 2.05) is 19.1 Å². The summed E-state index contributed by atoms with van der Waals surface area (Å²) >= 11 is 0. The Morgan fingerprint density at radius 2 is 1.78 bits per heavy atom. The summed E-state index contributed by atoms with van der Waals surface area (Å²) in [7, 11) is 1.66. The molecular weight excluding hydrogens is 340 g/mol. The normalized spacial score (nSPS) is 18.1. The van der Waals surface area contributed by atoms with E-state index in [2.05, 4.69) is 22.3 Å². The quantitative estimate of drug-likeness (QED) is 0.783. The monoisotopic (exact) mass is 366 g/mol. The van der Waals surface area contributed by atoms with E-state index in [0.29, 0.717) is 11.3 Å². The SMILES string of the molecule is COc1ccc([C@H]2CCCN2[C@@H](C)C(=O)c2ccc(NC(C)=O)cc2)cc1. The summed E-state index contributed by atoms with van der Waals surface area (Å²) in [5, 5.41) is 2.72. The van der Waals surface area contributed by atoms with Crippen LogP contribution in [0.5, 0.6) is 5.75 Å². The van der Waals surface area contributed by atoms with E-state index in [1.165, 1.54) is 12.5 Å². The van der Waals surface area contributed by atoms with Crippen LogP contribution in [0.15, 0.2) is 48.5 Å². The van der Waals surface area contributed by atoms with Gasteiger partial charge in [0.05, 0.1) is 13.2 Å². The molecule has 0 spiro atoms. The number of likely N-dealkylation sites (tertiary alicyclic amines) is 1. The van der Waals surface area contributed by atoms with Gasteiger partial charge in [0.15, 0.2) is 5.78 Å². The number of carbonyl (C=O) groups excluding carboxylic acids is 2. The number of anilines is 1. The number of carbonyl (C=O) groups is 2. The van der Waals surface area contributed by atoms with Gasteiger partial charge in [-0.3, -0.25) is 14.5 Å². The van der Waals surface area contributed by atoms with Crippen LogP contribution >= 0.6 is 0 Å². The first-order valence-corrected chi connectivity index (χ1v) is 9.31. The molecule has 1 heterocycles. The zero-order valence-corrected chi connectivity index (χ0v) is 16.1. The average Bonchev–Trinajstić information content (AvgIpc) is 3.17. The van der Waals surface area contributed by atoms with E-state index in [1.54, 1.807) is 31.4 Å². The van der Waals surface area contributed by atoms with Crippen molar-refractivity contribution in [3.05, 3.63) is 59.7 Å². The summed E-state index contributed by atoms with van der Waals surface area (Å²) < 4.78 is 5.24. The number of rotatable bonds is 6. The van der Waals surface area contributed by atoms with Gasteiger partial charge in [0.2, 0.25) is 5.91 Å². The Balaban J connectivity index is 1.73. The first kappa shape index (κ1) is 19.1. The molecule has 0 unspecified atom stereocenters. The fraction of sp³-hybridized carbons (Fsp3) is 0.364. The number of amides is 1. The van der Waals surface area contributed by atoms with E-state index >= 15 is 0 Å². The van der Waals surface area contributed by atoms with Gasteiger partial charge in [0, 0.05) is 24.2 Å². The van der Waals surface area contributed by atoms with Crippen LogP contribution in [0, 0.1) is 0 Å². The molecule has 1 N–H and O–H groups in total. The summed E-state index contributed by atoms with van der Waals surface area (Å²) in [6, 6.07) is 15.3. The maximum absolute atomic E-state index is 13.0. The second-order valence-corrected chi connectivity index (χ2v) is 6.97. The van der Waals surface area contributed by atoms with Crippen molar-refractivity contribution in [2.75, 3.05) is 19.0 Å². The van der Waals surface area contributed by atoms with Crippen LogP contribution in [0.4, 0.5) is 5.69 Å². The maximum Gasteiger partial charge on any atom is 0.221 e. The van der Waals surface area contributed by atoms with Crippen molar-refractivity contribution in [1.82, 2.24) is 4.90 Å². The fourth-order valence-corrected chi connectivity index (χ4v) is 3.75. The molecule has 3 rings (SSSR count). The second kappa shape index (κ2) is 8.35. The number of ether oxygens (including phenoxy) is 1. The highest BCUT2D eigenvalue weighted by atomic mass is 16.5. The molecule has 1 amide bonds. The van der Waals surface area contributed by atoms with E-state index < -0.39 is 0 Å². The lowest BCUT2D eigenvalue weighted by atomic mass is 10.00. The molecule has 0 bridgehead atoms. The molecule has 0 saturated carbocycles. The Morgan fingerprint density at radius 1 is 1.11 bits per heavy atom.